The molecule has 1 atom stereocenters. The van der Waals surface area contributed by atoms with E-state index in [-0.39, 0.29) is 5.75 Å². The first-order chi connectivity index (χ1) is 7.83. The van der Waals surface area contributed by atoms with Crippen LogP contribution in [0.2, 0.25) is 0 Å². The highest BCUT2D eigenvalue weighted by Crippen LogP contribution is 2.28. The average molecular weight is 267 g/mol. The fourth-order valence-electron chi connectivity index (χ4n) is 1.46. The molecule has 1 rings (SSSR count). The summed E-state index contributed by atoms with van der Waals surface area (Å²) in [6.07, 6.45) is -4.33. The minimum Gasteiger partial charge on any atom is -0.406 e. The predicted molar refractivity (Wildman–Crippen MR) is 57.0 cm³/mol. The second-order valence-corrected chi connectivity index (χ2v) is 3.76. The molecule has 0 amide bonds. The fraction of sp³-hybridized carbons (Fsp3) is 0.364. The number of hydrogen-bond donors (Lipinski definition) is 0. The van der Waals surface area contributed by atoms with E-state index >= 15 is 0 Å². The van der Waals surface area contributed by atoms with Gasteiger partial charge in [0.25, 0.3) is 0 Å². The quantitative estimate of drug-likeness (QED) is 0.774. The molecule has 17 heavy (non-hydrogen) atoms. The summed E-state index contributed by atoms with van der Waals surface area (Å²) in [5.41, 5.74) is 0.411. The second-order valence-electron chi connectivity index (χ2n) is 3.39. The maximum absolute atomic E-state index is 12.0. The van der Waals surface area contributed by atoms with Crippen LogP contribution >= 0.6 is 11.6 Å². The summed E-state index contributed by atoms with van der Waals surface area (Å²) in [5.74, 6) is -0.972. The predicted octanol–water partition coefficient (Wildman–Crippen LogP) is 3.84. The van der Waals surface area contributed by atoms with Crippen molar-refractivity contribution in [1.82, 2.24) is 0 Å². The van der Waals surface area contributed by atoms with Gasteiger partial charge in [0.2, 0.25) is 5.24 Å². The smallest absolute Gasteiger partial charge is 0.406 e. The lowest BCUT2D eigenvalue weighted by Crippen LogP contribution is -2.17. The van der Waals surface area contributed by atoms with E-state index in [2.05, 4.69) is 4.74 Å². The van der Waals surface area contributed by atoms with Crippen molar-refractivity contribution in [3.63, 3.8) is 0 Å². The van der Waals surface area contributed by atoms with Gasteiger partial charge in [-0.15, -0.1) is 13.2 Å². The van der Waals surface area contributed by atoms with E-state index in [4.69, 9.17) is 11.6 Å². The zero-order chi connectivity index (χ0) is 13.1. The monoisotopic (exact) mass is 266 g/mol. The molecule has 0 saturated heterocycles. The molecule has 0 heterocycles. The zero-order valence-electron chi connectivity index (χ0n) is 8.92. The topological polar surface area (TPSA) is 26.3 Å². The molecule has 2 nitrogen and oxygen atoms in total. The number of alkyl halides is 3. The minimum absolute atomic E-state index is 0.355. The lowest BCUT2D eigenvalue weighted by molar-refractivity contribution is -0.274. The Labute approximate surface area is 101 Å². The molecule has 0 N–H and O–H groups in total. The molecular formula is C11H10ClF3O2. The highest BCUT2D eigenvalue weighted by molar-refractivity contribution is 6.64. The normalized spacial score (nSPS) is 13.2. The van der Waals surface area contributed by atoms with E-state index in [9.17, 15) is 18.0 Å². The van der Waals surface area contributed by atoms with Crippen LogP contribution in [0.5, 0.6) is 5.75 Å². The van der Waals surface area contributed by atoms with Crippen molar-refractivity contribution in [2.24, 2.45) is 0 Å². The van der Waals surface area contributed by atoms with Gasteiger partial charge in [0.1, 0.15) is 5.75 Å². The maximum atomic E-state index is 12.0. The minimum atomic E-state index is -4.74. The molecular weight excluding hydrogens is 257 g/mol. The third kappa shape index (κ3) is 4.26. The Morgan fingerprint density at radius 3 is 2.59 bits per heavy atom. The van der Waals surface area contributed by atoms with Gasteiger partial charge in [0, 0.05) is 0 Å². The Bertz CT molecular complexity index is 404. The van der Waals surface area contributed by atoms with Gasteiger partial charge in [0.05, 0.1) is 5.92 Å². The highest BCUT2D eigenvalue weighted by atomic mass is 35.5. The molecule has 0 aliphatic rings. The van der Waals surface area contributed by atoms with Crippen LogP contribution in [0.25, 0.3) is 0 Å². The van der Waals surface area contributed by atoms with Crippen LogP contribution in [0.4, 0.5) is 13.2 Å². The molecule has 0 bridgehead atoms. The molecule has 0 spiro atoms. The second kappa shape index (κ2) is 5.40. The SMILES string of the molecule is CCC(C(=O)Cl)c1cccc(OC(F)(F)F)c1. The van der Waals surface area contributed by atoms with Gasteiger partial charge in [-0.2, -0.15) is 0 Å². The Morgan fingerprint density at radius 1 is 1.47 bits per heavy atom. The molecule has 0 aromatic heterocycles. The summed E-state index contributed by atoms with van der Waals surface area (Å²) in [4.78, 5) is 11.1. The summed E-state index contributed by atoms with van der Waals surface area (Å²) in [5, 5.41) is -0.600. The number of carbonyl (C=O) groups excluding carboxylic acids is 1. The summed E-state index contributed by atoms with van der Waals surface area (Å²) in [7, 11) is 0. The van der Waals surface area contributed by atoms with Gasteiger partial charge in [-0.3, -0.25) is 4.79 Å². The third-order valence-corrected chi connectivity index (χ3v) is 2.44. The summed E-state index contributed by atoms with van der Waals surface area (Å²) < 4.78 is 39.8. The van der Waals surface area contributed by atoms with Crippen molar-refractivity contribution in [3.05, 3.63) is 29.8 Å². The first kappa shape index (κ1) is 13.8. The van der Waals surface area contributed by atoms with Crippen molar-refractivity contribution < 1.29 is 22.7 Å². The van der Waals surface area contributed by atoms with Crippen molar-refractivity contribution in [3.8, 4) is 5.75 Å². The Hall–Kier alpha value is -1.23. The van der Waals surface area contributed by atoms with Gasteiger partial charge in [0.15, 0.2) is 0 Å². The first-order valence-electron chi connectivity index (χ1n) is 4.88. The van der Waals surface area contributed by atoms with Crippen molar-refractivity contribution in [1.29, 1.82) is 0 Å². The molecule has 94 valence electrons. The molecule has 1 aromatic rings. The number of rotatable bonds is 4. The summed E-state index contributed by atoms with van der Waals surface area (Å²) in [6.45, 7) is 1.72. The molecule has 0 fully saturated rings. The van der Waals surface area contributed by atoms with Crippen LogP contribution in [0, 0.1) is 0 Å². The van der Waals surface area contributed by atoms with Crippen LogP contribution in [-0.4, -0.2) is 11.6 Å². The summed E-state index contributed by atoms with van der Waals surface area (Å²) >= 11 is 5.36. The Balaban J connectivity index is 2.96. The van der Waals surface area contributed by atoms with Crippen molar-refractivity contribution >= 4 is 16.8 Å². The van der Waals surface area contributed by atoms with Crippen LogP contribution < -0.4 is 4.74 Å². The van der Waals surface area contributed by atoms with Crippen molar-refractivity contribution in [2.45, 2.75) is 25.6 Å². The highest BCUT2D eigenvalue weighted by Gasteiger charge is 2.31. The molecule has 0 aliphatic carbocycles. The van der Waals surface area contributed by atoms with Gasteiger partial charge in [-0.1, -0.05) is 19.1 Å². The van der Waals surface area contributed by atoms with Crippen molar-refractivity contribution in [2.75, 3.05) is 0 Å². The van der Waals surface area contributed by atoms with E-state index in [0.717, 1.165) is 0 Å². The lowest BCUT2D eigenvalue weighted by Gasteiger charge is -2.13. The van der Waals surface area contributed by atoms with E-state index in [0.29, 0.717) is 12.0 Å². The maximum Gasteiger partial charge on any atom is 0.573 e. The van der Waals surface area contributed by atoms with E-state index in [1.165, 1.54) is 24.3 Å². The number of hydrogen-bond acceptors (Lipinski definition) is 2. The molecule has 6 heteroatoms. The Kier molecular flexibility index (Phi) is 4.40. The van der Waals surface area contributed by atoms with Gasteiger partial charge in [-0.25, -0.2) is 0 Å². The van der Waals surface area contributed by atoms with Crippen LogP contribution in [0.3, 0.4) is 0 Å². The molecule has 0 radical (unpaired) electrons. The molecule has 0 aliphatic heterocycles. The molecule has 1 unspecified atom stereocenters. The number of carbonyl (C=O) groups is 1. The Morgan fingerprint density at radius 2 is 2.12 bits per heavy atom. The molecule has 0 saturated carbocycles. The van der Waals surface area contributed by atoms with Gasteiger partial charge >= 0.3 is 6.36 Å². The van der Waals surface area contributed by atoms with Crippen LogP contribution in [-0.2, 0) is 4.79 Å². The lowest BCUT2D eigenvalue weighted by atomic mass is 9.98. The fourth-order valence-corrected chi connectivity index (χ4v) is 1.74. The number of benzene rings is 1. The van der Waals surface area contributed by atoms with Crippen LogP contribution in [0.1, 0.15) is 24.8 Å². The first-order valence-corrected chi connectivity index (χ1v) is 5.26. The number of halogens is 4. The summed E-state index contributed by atoms with van der Waals surface area (Å²) in [6, 6.07) is 5.26. The third-order valence-electron chi connectivity index (χ3n) is 2.18. The largest absolute Gasteiger partial charge is 0.573 e. The van der Waals surface area contributed by atoms with Gasteiger partial charge in [-0.05, 0) is 35.7 Å². The van der Waals surface area contributed by atoms with E-state index in [1.54, 1.807) is 6.92 Å². The number of ether oxygens (including phenoxy) is 1. The van der Waals surface area contributed by atoms with E-state index in [1.807, 2.05) is 0 Å². The molecule has 1 aromatic carbocycles. The standard InChI is InChI=1S/C11H10ClF3O2/c1-2-9(10(12)16)7-4-3-5-8(6-7)17-11(13,14)15/h3-6,9H,2H2,1H3. The van der Waals surface area contributed by atoms with Crippen LogP contribution in [0.15, 0.2) is 24.3 Å². The zero-order valence-corrected chi connectivity index (χ0v) is 9.68. The van der Waals surface area contributed by atoms with E-state index < -0.39 is 17.5 Å². The average Bonchev–Trinajstić information content (AvgIpc) is 2.15. The van der Waals surface area contributed by atoms with Gasteiger partial charge < -0.3 is 4.74 Å².